The van der Waals surface area contributed by atoms with Gasteiger partial charge in [0.1, 0.15) is 11.6 Å². The number of halogens is 2. The zero-order chi connectivity index (χ0) is 18.0. The fraction of sp³-hybridized carbons (Fsp3) is 0.111. The lowest BCUT2D eigenvalue weighted by Gasteiger charge is -2.11. The Labute approximate surface area is 147 Å². The van der Waals surface area contributed by atoms with Crippen molar-refractivity contribution in [2.75, 3.05) is 7.11 Å². The highest BCUT2D eigenvalue weighted by Gasteiger charge is 2.11. The summed E-state index contributed by atoms with van der Waals surface area (Å²) in [6, 6.07) is 11.0. The monoisotopic (exact) mass is 360 g/mol. The first-order valence-corrected chi connectivity index (χ1v) is 7.78. The number of methoxy groups -OCH3 is 1. The van der Waals surface area contributed by atoms with Gasteiger partial charge in [-0.05, 0) is 36.4 Å². The first kappa shape index (κ1) is 17.0. The number of aromatic nitrogens is 2. The molecule has 0 N–H and O–H groups in total. The molecule has 0 aliphatic heterocycles. The fourth-order valence-corrected chi connectivity index (χ4v) is 2.66. The molecule has 0 aliphatic rings. The predicted octanol–water partition coefficient (Wildman–Crippen LogP) is 2.85. The fourth-order valence-electron chi connectivity index (χ4n) is 2.43. The summed E-state index contributed by atoms with van der Waals surface area (Å²) in [6.07, 6.45) is 2.89. The van der Waals surface area contributed by atoms with Gasteiger partial charge in [0.25, 0.3) is 0 Å². The van der Waals surface area contributed by atoms with Crippen molar-refractivity contribution in [3.05, 3.63) is 92.0 Å². The van der Waals surface area contributed by atoms with Gasteiger partial charge in [0.2, 0.25) is 0 Å². The van der Waals surface area contributed by atoms with Crippen molar-refractivity contribution in [2.24, 2.45) is 0 Å². The Kier molecular flexibility index (Phi) is 4.72. The van der Waals surface area contributed by atoms with Crippen molar-refractivity contribution >= 4 is 11.6 Å². The van der Waals surface area contributed by atoms with Crippen LogP contribution in [-0.2, 0) is 6.54 Å². The third kappa shape index (κ3) is 3.34. The Morgan fingerprint density at radius 3 is 2.40 bits per heavy atom. The molecule has 1 aromatic heterocycles. The van der Waals surface area contributed by atoms with Crippen LogP contribution >= 0.6 is 11.6 Å². The molecule has 128 valence electrons. The number of benzene rings is 2. The topological polar surface area (TPSA) is 53.2 Å². The third-order valence-corrected chi connectivity index (χ3v) is 4.15. The first-order valence-electron chi connectivity index (χ1n) is 7.40. The molecule has 0 radical (unpaired) electrons. The Morgan fingerprint density at radius 2 is 1.76 bits per heavy atom. The van der Waals surface area contributed by atoms with E-state index in [4.69, 9.17) is 16.3 Å². The molecule has 0 saturated heterocycles. The molecule has 3 rings (SSSR count). The van der Waals surface area contributed by atoms with Crippen LogP contribution in [-0.4, -0.2) is 16.2 Å². The Morgan fingerprint density at radius 1 is 1.04 bits per heavy atom. The predicted molar refractivity (Wildman–Crippen MR) is 93.4 cm³/mol. The van der Waals surface area contributed by atoms with Crippen molar-refractivity contribution in [1.82, 2.24) is 9.13 Å². The molecule has 0 saturated carbocycles. The lowest BCUT2D eigenvalue weighted by atomic mass is 10.2. The second-order valence-corrected chi connectivity index (χ2v) is 5.71. The van der Waals surface area contributed by atoms with E-state index in [0.29, 0.717) is 11.4 Å². The van der Waals surface area contributed by atoms with Crippen molar-refractivity contribution < 1.29 is 9.13 Å². The van der Waals surface area contributed by atoms with Crippen LogP contribution in [0.3, 0.4) is 0 Å². The lowest BCUT2D eigenvalue weighted by molar-refractivity contribution is 0.414. The standard InChI is InChI=1S/C18H14ClFN2O3/c1-25-13-7-5-12(6-8-13)22-10-9-21(17(23)18(22)24)11-14-15(19)3-2-4-16(14)20/h2-10H,11H2,1H3. The summed E-state index contributed by atoms with van der Waals surface area (Å²) in [6.45, 7) is -0.122. The minimum absolute atomic E-state index is 0.122. The number of rotatable bonds is 4. The SMILES string of the molecule is COc1ccc(-n2ccn(Cc3c(F)cccc3Cl)c(=O)c2=O)cc1. The Balaban J connectivity index is 2.01. The number of nitrogens with zero attached hydrogens (tertiary/aromatic N) is 2. The van der Waals surface area contributed by atoms with E-state index in [1.165, 1.54) is 42.3 Å². The molecule has 0 amide bonds. The number of hydrogen-bond donors (Lipinski definition) is 0. The van der Waals surface area contributed by atoms with Crippen LogP contribution in [0.1, 0.15) is 5.56 Å². The minimum atomic E-state index is -0.766. The highest BCUT2D eigenvalue weighted by atomic mass is 35.5. The molecule has 0 spiro atoms. The first-order chi connectivity index (χ1) is 12.0. The van der Waals surface area contributed by atoms with Gasteiger partial charge in [0, 0.05) is 28.7 Å². The summed E-state index contributed by atoms with van der Waals surface area (Å²) < 4.78 is 21.3. The van der Waals surface area contributed by atoms with Crippen LogP contribution < -0.4 is 15.9 Å². The molecule has 2 aromatic carbocycles. The highest BCUT2D eigenvalue weighted by Crippen LogP contribution is 2.19. The zero-order valence-corrected chi connectivity index (χ0v) is 14.0. The van der Waals surface area contributed by atoms with E-state index in [2.05, 4.69) is 0 Å². The van der Waals surface area contributed by atoms with Crippen molar-refractivity contribution in [1.29, 1.82) is 0 Å². The molecule has 7 heteroatoms. The van der Waals surface area contributed by atoms with Gasteiger partial charge in [0.05, 0.1) is 13.7 Å². The molecule has 0 unspecified atom stereocenters. The molecule has 5 nitrogen and oxygen atoms in total. The van der Waals surface area contributed by atoms with Crippen LogP contribution in [0.25, 0.3) is 5.69 Å². The van der Waals surface area contributed by atoms with Crippen molar-refractivity contribution in [2.45, 2.75) is 6.54 Å². The van der Waals surface area contributed by atoms with E-state index in [0.717, 1.165) is 4.57 Å². The molecule has 0 bridgehead atoms. The van der Waals surface area contributed by atoms with E-state index in [1.807, 2.05) is 0 Å². The maximum absolute atomic E-state index is 13.9. The average molecular weight is 361 g/mol. The summed E-state index contributed by atoms with van der Waals surface area (Å²) in [5.74, 6) is 0.109. The van der Waals surface area contributed by atoms with E-state index in [1.54, 1.807) is 24.3 Å². The maximum atomic E-state index is 13.9. The van der Waals surface area contributed by atoms with E-state index < -0.39 is 16.9 Å². The summed E-state index contributed by atoms with van der Waals surface area (Å²) >= 11 is 5.98. The van der Waals surface area contributed by atoms with Crippen LogP contribution in [0.15, 0.2) is 64.4 Å². The van der Waals surface area contributed by atoms with Gasteiger partial charge in [-0.3, -0.25) is 14.2 Å². The van der Waals surface area contributed by atoms with E-state index >= 15 is 0 Å². The van der Waals surface area contributed by atoms with Crippen LogP contribution in [0, 0.1) is 5.82 Å². The van der Waals surface area contributed by atoms with Gasteiger partial charge in [-0.25, -0.2) is 4.39 Å². The van der Waals surface area contributed by atoms with Crippen molar-refractivity contribution in [3.8, 4) is 11.4 Å². The van der Waals surface area contributed by atoms with E-state index in [-0.39, 0.29) is 17.1 Å². The molecule has 25 heavy (non-hydrogen) atoms. The van der Waals surface area contributed by atoms with Gasteiger partial charge in [0.15, 0.2) is 0 Å². The van der Waals surface area contributed by atoms with Gasteiger partial charge in [-0.2, -0.15) is 0 Å². The zero-order valence-electron chi connectivity index (χ0n) is 13.3. The second-order valence-electron chi connectivity index (χ2n) is 5.30. The van der Waals surface area contributed by atoms with Crippen LogP contribution in [0.2, 0.25) is 5.02 Å². The lowest BCUT2D eigenvalue weighted by Crippen LogP contribution is -2.40. The van der Waals surface area contributed by atoms with Crippen molar-refractivity contribution in [3.63, 3.8) is 0 Å². The summed E-state index contributed by atoms with van der Waals surface area (Å²) in [5, 5.41) is 0.200. The molecule has 0 fully saturated rings. The maximum Gasteiger partial charge on any atom is 0.320 e. The minimum Gasteiger partial charge on any atom is -0.497 e. The van der Waals surface area contributed by atoms with Crippen LogP contribution in [0.5, 0.6) is 5.75 Å². The average Bonchev–Trinajstić information content (AvgIpc) is 2.62. The quantitative estimate of drug-likeness (QED) is 0.672. The molecule has 3 aromatic rings. The normalized spacial score (nSPS) is 10.7. The smallest absolute Gasteiger partial charge is 0.320 e. The van der Waals surface area contributed by atoms with Gasteiger partial charge in [-0.1, -0.05) is 17.7 Å². The summed E-state index contributed by atoms with van der Waals surface area (Å²) in [4.78, 5) is 24.7. The summed E-state index contributed by atoms with van der Waals surface area (Å²) in [7, 11) is 1.54. The highest BCUT2D eigenvalue weighted by molar-refractivity contribution is 6.31. The summed E-state index contributed by atoms with van der Waals surface area (Å²) in [5.41, 5.74) is -0.815. The third-order valence-electron chi connectivity index (χ3n) is 3.80. The second kappa shape index (κ2) is 6.94. The van der Waals surface area contributed by atoms with Gasteiger partial charge >= 0.3 is 11.1 Å². The molecular formula is C18H14ClFN2O3. The van der Waals surface area contributed by atoms with Gasteiger partial charge in [-0.15, -0.1) is 0 Å². The molecule has 0 aliphatic carbocycles. The molecule has 0 atom stereocenters. The Bertz CT molecular complexity index is 1010. The largest absolute Gasteiger partial charge is 0.497 e. The van der Waals surface area contributed by atoms with Gasteiger partial charge < -0.3 is 9.30 Å². The number of ether oxygens (including phenoxy) is 1. The Hall–Kier alpha value is -2.86. The molecule has 1 heterocycles. The molecular weight excluding hydrogens is 347 g/mol. The van der Waals surface area contributed by atoms with E-state index in [9.17, 15) is 14.0 Å². The number of hydrogen-bond acceptors (Lipinski definition) is 3. The van der Waals surface area contributed by atoms with Crippen LogP contribution in [0.4, 0.5) is 4.39 Å².